The Morgan fingerprint density at radius 1 is 1.55 bits per heavy atom. The molecule has 2 unspecified atom stereocenters. The number of nitriles is 1. The maximum Gasteiger partial charge on any atom is 0.0625 e. The lowest BCUT2D eigenvalue weighted by molar-refractivity contribution is 0.121. The SMILES string of the molecule is CCCCC(CC#N)C(C)O. The van der Waals surface area contributed by atoms with Gasteiger partial charge in [0.2, 0.25) is 0 Å². The van der Waals surface area contributed by atoms with Gasteiger partial charge < -0.3 is 5.11 Å². The molecule has 1 N–H and O–H groups in total. The Kier molecular flexibility index (Phi) is 5.87. The van der Waals surface area contributed by atoms with Gasteiger partial charge in [-0.25, -0.2) is 0 Å². The first-order chi connectivity index (χ1) is 5.22. The molecule has 0 aromatic heterocycles. The normalized spacial score (nSPS) is 15.5. The molecule has 0 heterocycles. The first-order valence-corrected chi connectivity index (χ1v) is 4.27. The second-order valence-electron chi connectivity index (χ2n) is 3.01. The van der Waals surface area contributed by atoms with Gasteiger partial charge in [-0.15, -0.1) is 0 Å². The van der Waals surface area contributed by atoms with Crippen LogP contribution in [0, 0.1) is 17.2 Å². The molecule has 0 saturated carbocycles. The van der Waals surface area contributed by atoms with E-state index in [1.165, 1.54) is 0 Å². The Morgan fingerprint density at radius 2 is 2.18 bits per heavy atom. The van der Waals surface area contributed by atoms with E-state index >= 15 is 0 Å². The average Bonchev–Trinajstić information content (AvgIpc) is 1.97. The lowest BCUT2D eigenvalue weighted by atomic mass is 9.94. The van der Waals surface area contributed by atoms with Crippen LogP contribution in [0.25, 0.3) is 0 Å². The highest BCUT2D eigenvalue weighted by molar-refractivity contribution is 4.78. The smallest absolute Gasteiger partial charge is 0.0625 e. The molecule has 11 heavy (non-hydrogen) atoms. The second-order valence-corrected chi connectivity index (χ2v) is 3.01. The molecule has 2 atom stereocenters. The number of aliphatic hydroxyl groups excluding tert-OH is 1. The van der Waals surface area contributed by atoms with Crippen LogP contribution >= 0.6 is 0 Å². The van der Waals surface area contributed by atoms with E-state index in [0.717, 1.165) is 19.3 Å². The molecule has 0 rings (SSSR count). The molecular formula is C9H17NO. The highest BCUT2D eigenvalue weighted by Crippen LogP contribution is 2.16. The zero-order valence-corrected chi connectivity index (χ0v) is 7.38. The van der Waals surface area contributed by atoms with Gasteiger partial charge >= 0.3 is 0 Å². The minimum absolute atomic E-state index is 0.181. The molecule has 0 aromatic rings. The van der Waals surface area contributed by atoms with Crippen LogP contribution < -0.4 is 0 Å². The molecule has 0 saturated heterocycles. The van der Waals surface area contributed by atoms with Crippen molar-refractivity contribution in [2.24, 2.45) is 5.92 Å². The summed E-state index contributed by atoms with van der Waals surface area (Å²) < 4.78 is 0. The van der Waals surface area contributed by atoms with Crippen molar-refractivity contribution in [2.75, 3.05) is 0 Å². The van der Waals surface area contributed by atoms with E-state index in [1.807, 2.05) is 0 Å². The Balaban J connectivity index is 3.62. The van der Waals surface area contributed by atoms with Gasteiger partial charge in [-0.3, -0.25) is 0 Å². The zero-order valence-electron chi connectivity index (χ0n) is 7.38. The number of nitrogens with zero attached hydrogens (tertiary/aromatic N) is 1. The van der Waals surface area contributed by atoms with Crippen LogP contribution in [0.5, 0.6) is 0 Å². The molecule has 0 bridgehead atoms. The minimum atomic E-state index is -0.332. The van der Waals surface area contributed by atoms with Gasteiger partial charge in [0.25, 0.3) is 0 Å². The van der Waals surface area contributed by atoms with Crippen LogP contribution in [0.15, 0.2) is 0 Å². The van der Waals surface area contributed by atoms with Crippen LogP contribution in [0.2, 0.25) is 0 Å². The summed E-state index contributed by atoms with van der Waals surface area (Å²) in [7, 11) is 0. The molecule has 0 aliphatic carbocycles. The van der Waals surface area contributed by atoms with Crippen LogP contribution in [0.1, 0.15) is 39.5 Å². The number of hydrogen-bond donors (Lipinski definition) is 1. The third-order valence-corrected chi connectivity index (χ3v) is 1.96. The van der Waals surface area contributed by atoms with Crippen molar-refractivity contribution >= 4 is 0 Å². The Hall–Kier alpha value is -0.550. The first kappa shape index (κ1) is 10.4. The molecule has 64 valence electrons. The summed E-state index contributed by atoms with van der Waals surface area (Å²) in [5.74, 6) is 0.181. The molecule has 0 radical (unpaired) electrons. The summed E-state index contributed by atoms with van der Waals surface area (Å²) in [6, 6.07) is 2.10. The summed E-state index contributed by atoms with van der Waals surface area (Å²) >= 11 is 0. The zero-order chi connectivity index (χ0) is 8.69. The Bertz CT molecular complexity index is 126. The highest BCUT2D eigenvalue weighted by atomic mass is 16.3. The molecular weight excluding hydrogens is 138 g/mol. The third-order valence-electron chi connectivity index (χ3n) is 1.96. The van der Waals surface area contributed by atoms with E-state index in [4.69, 9.17) is 5.26 Å². The summed E-state index contributed by atoms with van der Waals surface area (Å²) in [6.45, 7) is 3.88. The predicted molar refractivity (Wildman–Crippen MR) is 44.9 cm³/mol. The first-order valence-electron chi connectivity index (χ1n) is 4.27. The van der Waals surface area contributed by atoms with E-state index in [0.29, 0.717) is 6.42 Å². The lowest BCUT2D eigenvalue weighted by Gasteiger charge is -2.15. The van der Waals surface area contributed by atoms with Crippen LogP contribution in [0.3, 0.4) is 0 Å². The second kappa shape index (κ2) is 6.18. The number of unbranched alkanes of at least 4 members (excludes halogenated alkanes) is 1. The van der Waals surface area contributed by atoms with Crippen LogP contribution in [-0.4, -0.2) is 11.2 Å². The summed E-state index contributed by atoms with van der Waals surface area (Å²) in [6.07, 6.45) is 3.37. The summed E-state index contributed by atoms with van der Waals surface area (Å²) in [5.41, 5.74) is 0. The van der Waals surface area contributed by atoms with Crippen molar-refractivity contribution in [2.45, 2.75) is 45.6 Å². The van der Waals surface area contributed by atoms with E-state index in [9.17, 15) is 5.11 Å². The number of aliphatic hydroxyl groups is 1. The van der Waals surface area contributed by atoms with Gasteiger partial charge in [-0.2, -0.15) is 5.26 Å². The minimum Gasteiger partial charge on any atom is -0.393 e. The van der Waals surface area contributed by atoms with Gasteiger partial charge in [0.15, 0.2) is 0 Å². The third kappa shape index (κ3) is 4.80. The van der Waals surface area contributed by atoms with Crippen molar-refractivity contribution in [3.05, 3.63) is 0 Å². The molecule has 0 amide bonds. The molecule has 2 nitrogen and oxygen atoms in total. The maximum atomic E-state index is 9.22. The van der Waals surface area contributed by atoms with Crippen molar-refractivity contribution in [1.82, 2.24) is 0 Å². The van der Waals surface area contributed by atoms with Crippen molar-refractivity contribution in [1.29, 1.82) is 5.26 Å². The maximum absolute atomic E-state index is 9.22. The standard InChI is InChI=1S/C9H17NO/c1-3-4-5-9(6-7-10)8(2)11/h8-9,11H,3-6H2,1-2H3. The summed E-state index contributed by atoms with van der Waals surface area (Å²) in [5, 5.41) is 17.6. The monoisotopic (exact) mass is 155 g/mol. The fourth-order valence-corrected chi connectivity index (χ4v) is 1.10. The number of hydrogen-bond acceptors (Lipinski definition) is 2. The molecule has 0 fully saturated rings. The largest absolute Gasteiger partial charge is 0.393 e. The Morgan fingerprint density at radius 3 is 2.55 bits per heavy atom. The average molecular weight is 155 g/mol. The molecule has 0 aliphatic heterocycles. The van der Waals surface area contributed by atoms with Crippen LogP contribution in [-0.2, 0) is 0 Å². The molecule has 0 aromatic carbocycles. The molecule has 2 heteroatoms. The van der Waals surface area contributed by atoms with Gasteiger partial charge in [-0.05, 0) is 19.3 Å². The topological polar surface area (TPSA) is 44.0 Å². The van der Waals surface area contributed by atoms with Crippen LogP contribution in [0.4, 0.5) is 0 Å². The predicted octanol–water partition coefficient (Wildman–Crippen LogP) is 2.09. The van der Waals surface area contributed by atoms with Gasteiger partial charge in [-0.1, -0.05) is 19.8 Å². The lowest BCUT2D eigenvalue weighted by Crippen LogP contribution is -2.15. The Labute approximate surface area is 68.8 Å². The van der Waals surface area contributed by atoms with Crippen molar-refractivity contribution < 1.29 is 5.11 Å². The van der Waals surface area contributed by atoms with E-state index in [-0.39, 0.29) is 12.0 Å². The number of rotatable bonds is 5. The molecule has 0 aliphatic rings. The fraction of sp³-hybridized carbons (Fsp3) is 0.889. The van der Waals surface area contributed by atoms with Gasteiger partial charge in [0.1, 0.15) is 0 Å². The highest BCUT2D eigenvalue weighted by Gasteiger charge is 2.12. The quantitative estimate of drug-likeness (QED) is 0.660. The van der Waals surface area contributed by atoms with Crippen molar-refractivity contribution in [3.8, 4) is 6.07 Å². The molecule has 0 spiro atoms. The van der Waals surface area contributed by atoms with Gasteiger partial charge in [0.05, 0.1) is 12.2 Å². The van der Waals surface area contributed by atoms with E-state index < -0.39 is 0 Å². The van der Waals surface area contributed by atoms with E-state index in [1.54, 1.807) is 6.92 Å². The summed E-state index contributed by atoms with van der Waals surface area (Å²) in [4.78, 5) is 0. The van der Waals surface area contributed by atoms with Gasteiger partial charge in [0, 0.05) is 6.42 Å². The fourth-order valence-electron chi connectivity index (χ4n) is 1.10. The van der Waals surface area contributed by atoms with Crippen molar-refractivity contribution in [3.63, 3.8) is 0 Å². The van der Waals surface area contributed by atoms with E-state index in [2.05, 4.69) is 13.0 Å².